The van der Waals surface area contributed by atoms with Crippen molar-refractivity contribution in [3.8, 4) is 5.75 Å². The van der Waals surface area contributed by atoms with Crippen LogP contribution in [0.1, 0.15) is 31.4 Å². The van der Waals surface area contributed by atoms with Crippen molar-refractivity contribution in [2.45, 2.75) is 31.9 Å². The molecule has 0 radical (unpaired) electrons. The molecule has 0 bridgehead atoms. The molecule has 1 heterocycles. The summed E-state index contributed by atoms with van der Waals surface area (Å²) in [6, 6.07) is 2.23. The Morgan fingerprint density at radius 2 is 2.17 bits per heavy atom. The molecule has 0 saturated heterocycles. The topological polar surface area (TPSA) is 43.4 Å². The van der Waals surface area contributed by atoms with Crippen LogP contribution in [-0.4, -0.2) is 31.9 Å². The van der Waals surface area contributed by atoms with E-state index in [1.54, 1.807) is 20.4 Å². The van der Waals surface area contributed by atoms with E-state index in [4.69, 9.17) is 9.47 Å². The first-order valence-electron chi connectivity index (χ1n) is 6.55. The predicted molar refractivity (Wildman–Crippen MR) is 70.7 cm³/mol. The molecule has 1 saturated carbocycles. The van der Waals surface area contributed by atoms with Gasteiger partial charge in [0, 0.05) is 13.3 Å². The second kappa shape index (κ2) is 6.16. The molecule has 2 atom stereocenters. The van der Waals surface area contributed by atoms with E-state index in [1.807, 2.05) is 12.3 Å². The summed E-state index contributed by atoms with van der Waals surface area (Å²) in [7, 11) is 3.46. The van der Waals surface area contributed by atoms with Crippen LogP contribution in [0.15, 0.2) is 18.5 Å². The summed E-state index contributed by atoms with van der Waals surface area (Å²) in [6.07, 6.45) is 6.37. The minimum absolute atomic E-state index is 0.190. The molecule has 2 unspecified atom stereocenters. The van der Waals surface area contributed by atoms with E-state index < -0.39 is 0 Å². The number of hydrogen-bond acceptors (Lipinski definition) is 4. The zero-order valence-electron chi connectivity index (χ0n) is 11.3. The summed E-state index contributed by atoms with van der Waals surface area (Å²) in [4.78, 5) is 4.23. The van der Waals surface area contributed by atoms with Crippen molar-refractivity contribution in [2.24, 2.45) is 5.92 Å². The van der Waals surface area contributed by atoms with E-state index in [9.17, 15) is 0 Å². The molecule has 2 rings (SSSR count). The summed E-state index contributed by atoms with van der Waals surface area (Å²) in [5, 5.41) is 3.50. The summed E-state index contributed by atoms with van der Waals surface area (Å²) in [5.41, 5.74) is 1.13. The van der Waals surface area contributed by atoms with Crippen LogP contribution in [0.3, 0.4) is 0 Å². The van der Waals surface area contributed by atoms with Gasteiger partial charge in [-0.05, 0) is 36.9 Å². The molecule has 1 aromatic rings. The Morgan fingerprint density at radius 1 is 1.39 bits per heavy atom. The van der Waals surface area contributed by atoms with Crippen molar-refractivity contribution in [1.29, 1.82) is 0 Å². The number of ether oxygens (including phenoxy) is 2. The number of pyridine rings is 1. The van der Waals surface area contributed by atoms with Gasteiger partial charge in [0.2, 0.25) is 0 Å². The first-order valence-corrected chi connectivity index (χ1v) is 6.55. The molecule has 100 valence electrons. The van der Waals surface area contributed by atoms with Gasteiger partial charge in [-0.15, -0.1) is 0 Å². The van der Waals surface area contributed by atoms with Crippen LogP contribution < -0.4 is 10.1 Å². The number of aromatic nitrogens is 1. The Hall–Kier alpha value is -1.13. The number of nitrogens with zero attached hydrogens (tertiary/aromatic N) is 1. The Kier molecular flexibility index (Phi) is 4.55. The van der Waals surface area contributed by atoms with Crippen molar-refractivity contribution in [3.05, 3.63) is 24.0 Å². The third-order valence-corrected chi connectivity index (χ3v) is 3.44. The maximum absolute atomic E-state index is 5.69. The van der Waals surface area contributed by atoms with Crippen LogP contribution in [0.4, 0.5) is 0 Å². The third-order valence-electron chi connectivity index (χ3n) is 3.44. The molecule has 4 nitrogen and oxygen atoms in total. The minimum atomic E-state index is 0.190. The predicted octanol–water partition coefficient (Wildman–Crippen LogP) is 2.17. The van der Waals surface area contributed by atoms with Crippen LogP contribution in [0.5, 0.6) is 5.75 Å². The molecule has 1 fully saturated rings. The number of rotatable bonds is 7. The monoisotopic (exact) mass is 250 g/mol. The first-order chi connectivity index (χ1) is 8.80. The lowest BCUT2D eigenvalue weighted by Gasteiger charge is -2.27. The SMILES string of the molecule is CCNC(c1cncc(OC)c1)C(OC)C1CC1. The molecule has 1 N–H and O–H groups in total. The molecule has 0 amide bonds. The number of likely N-dealkylation sites (N-methyl/N-ethyl adjacent to an activating group) is 1. The summed E-state index contributed by atoms with van der Waals surface area (Å²) in [5.74, 6) is 1.46. The van der Waals surface area contributed by atoms with E-state index in [0.29, 0.717) is 5.92 Å². The fourth-order valence-corrected chi connectivity index (χ4v) is 2.39. The minimum Gasteiger partial charge on any atom is -0.495 e. The van der Waals surface area contributed by atoms with Crippen LogP contribution >= 0.6 is 0 Å². The second-order valence-electron chi connectivity index (χ2n) is 4.73. The average molecular weight is 250 g/mol. The zero-order chi connectivity index (χ0) is 13.0. The van der Waals surface area contributed by atoms with Gasteiger partial charge in [0.1, 0.15) is 5.75 Å². The van der Waals surface area contributed by atoms with Gasteiger partial charge in [-0.3, -0.25) is 4.98 Å². The van der Waals surface area contributed by atoms with Crippen LogP contribution in [-0.2, 0) is 4.74 Å². The van der Waals surface area contributed by atoms with Crippen molar-refractivity contribution in [2.75, 3.05) is 20.8 Å². The zero-order valence-corrected chi connectivity index (χ0v) is 11.3. The van der Waals surface area contributed by atoms with Gasteiger partial charge in [-0.2, -0.15) is 0 Å². The normalized spacial score (nSPS) is 18.4. The van der Waals surface area contributed by atoms with Gasteiger partial charge in [0.15, 0.2) is 0 Å². The molecule has 0 aromatic carbocycles. The molecular formula is C14H22N2O2. The van der Waals surface area contributed by atoms with Crippen molar-refractivity contribution in [3.63, 3.8) is 0 Å². The summed E-state index contributed by atoms with van der Waals surface area (Å²) in [6.45, 7) is 3.02. The summed E-state index contributed by atoms with van der Waals surface area (Å²) < 4.78 is 10.9. The van der Waals surface area contributed by atoms with E-state index in [2.05, 4.69) is 17.2 Å². The number of nitrogens with one attached hydrogen (secondary N) is 1. The fraction of sp³-hybridized carbons (Fsp3) is 0.643. The Labute approximate surface area is 109 Å². The third kappa shape index (κ3) is 3.00. The highest BCUT2D eigenvalue weighted by Crippen LogP contribution is 2.40. The van der Waals surface area contributed by atoms with E-state index in [0.717, 1.165) is 17.9 Å². The lowest BCUT2D eigenvalue weighted by atomic mass is 9.99. The highest BCUT2D eigenvalue weighted by molar-refractivity contribution is 5.27. The molecule has 1 aromatic heterocycles. The number of hydrogen-bond donors (Lipinski definition) is 1. The Bertz CT molecular complexity index is 380. The first kappa shape index (κ1) is 13.3. The smallest absolute Gasteiger partial charge is 0.137 e. The van der Waals surface area contributed by atoms with Crippen molar-refractivity contribution >= 4 is 0 Å². The maximum Gasteiger partial charge on any atom is 0.137 e. The average Bonchev–Trinajstić information content (AvgIpc) is 3.23. The lowest BCUT2D eigenvalue weighted by Crippen LogP contribution is -2.34. The van der Waals surface area contributed by atoms with E-state index in [1.165, 1.54) is 12.8 Å². The van der Waals surface area contributed by atoms with Gasteiger partial charge in [-0.1, -0.05) is 6.92 Å². The highest BCUT2D eigenvalue weighted by atomic mass is 16.5. The Morgan fingerprint density at radius 3 is 2.72 bits per heavy atom. The quantitative estimate of drug-likeness (QED) is 0.805. The van der Waals surface area contributed by atoms with Crippen LogP contribution in [0, 0.1) is 5.92 Å². The maximum atomic E-state index is 5.69. The van der Waals surface area contributed by atoms with Crippen LogP contribution in [0.2, 0.25) is 0 Å². The number of methoxy groups -OCH3 is 2. The Balaban J connectivity index is 2.21. The van der Waals surface area contributed by atoms with Crippen LogP contribution in [0.25, 0.3) is 0 Å². The molecular weight excluding hydrogens is 228 g/mol. The van der Waals surface area contributed by atoms with Gasteiger partial charge in [0.05, 0.1) is 25.5 Å². The molecule has 18 heavy (non-hydrogen) atoms. The standard InChI is InChI=1S/C14H22N2O2/c1-4-16-13(14(18-3)10-5-6-10)11-7-12(17-2)9-15-8-11/h7-10,13-14,16H,4-6H2,1-3H3. The fourth-order valence-electron chi connectivity index (χ4n) is 2.39. The van der Waals surface area contributed by atoms with Gasteiger partial charge in [0.25, 0.3) is 0 Å². The highest BCUT2D eigenvalue weighted by Gasteiger charge is 2.37. The molecule has 1 aliphatic carbocycles. The van der Waals surface area contributed by atoms with Gasteiger partial charge >= 0.3 is 0 Å². The summed E-state index contributed by atoms with van der Waals surface area (Å²) >= 11 is 0. The van der Waals surface area contributed by atoms with E-state index >= 15 is 0 Å². The lowest BCUT2D eigenvalue weighted by molar-refractivity contribution is 0.0510. The van der Waals surface area contributed by atoms with Gasteiger partial charge in [-0.25, -0.2) is 0 Å². The van der Waals surface area contributed by atoms with E-state index in [-0.39, 0.29) is 12.1 Å². The second-order valence-corrected chi connectivity index (χ2v) is 4.73. The van der Waals surface area contributed by atoms with Crippen molar-refractivity contribution < 1.29 is 9.47 Å². The van der Waals surface area contributed by atoms with Crippen molar-refractivity contribution in [1.82, 2.24) is 10.3 Å². The largest absolute Gasteiger partial charge is 0.495 e. The molecule has 4 heteroatoms. The molecule has 0 aliphatic heterocycles. The van der Waals surface area contributed by atoms with Gasteiger partial charge < -0.3 is 14.8 Å². The molecule has 1 aliphatic rings. The molecule has 0 spiro atoms.